The van der Waals surface area contributed by atoms with E-state index in [0.29, 0.717) is 12.2 Å². The van der Waals surface area contributed by atoms with Crippen molar-refractivity contribution < 1.29 is 18.8 Å². The van der Waals surface area contributed by atoms with Gasteiger partial charge in [0.15, 0.2) is 0 Å². The Labute approximate surface area is 195 Å². The van der Waals surface area contributed by atoms with Crippen molar-refractivity contribution in [1.82, 2.24) is 15.2 Å². The van der Waals surface area contributed by atoms with Crippen molar-refractivity contribution in [3.05, 3.63) is 89.5 Å². The van der Waals surface area contributed by atoms with E-state index in [1.54, 1.807) is 41.3 Å². The number of aromatic amines is 1. The van der Waals surface area contributed by atoms with Crippen LogP contribution in [0.25, 0.3) is 10.9 Å². The number of anilines is 1. The average Bonchev–Trinajstić information content (AvgIpc) is 3.56. The number of carbonyl (C=O) groups excluding carboxylic acids is 3. The number of hydrogen-bond donors (Lipinski definition) is 2. The third kappa shape index (κ3) is 2.95. The first-order valence-electron chi connectivity index (χ1n) is 11.2. The van der Waals surface area contributed by atoms with Crippen LogP contribution in [0.5, 0.6) is 0 Å². The van der Waals surface area contributed by atoms with Gasteiger partial charge in [-0.3, -0.25) is 9.59 Å². The van der Waals surface area contributed by atoms with Crippen molar-refractivity contribution in [3.63, 3.8) is 0 Å². The summed E-state index contributed by atoms with van der Waals surface area (Å²) in [4.78, 5) is 46.3. The van der Waals surface area contributed by atoms with Crippen molar-refractivity contribution in [2.45, 2.75) is 32.0 Å². The molecule has 0 saturated carbocycles. The predicted octanol–water partition coefficient (Wildman–Crippen LogP) is 4.15. The maximum Gasteiger partial charge on any atom is 0.332 e. The van der Waals surface area contributed by atoms with E-state index < -0.39 is 12.1 Å². The highest BCUT2D eigenvalue weighted by Crippen LogP contribution is 2.42. The first-order chi connectivity index (χ1) is 16.5. The zero-order valence-corrected chi connectivity index (χ0v) is 18.4. The van der Waals surface area contributed by atoms with E-state index in [-0.39, 0.29) is 35.7 Å². The summed E-state index contributed by atoms with van der Waals surface area (Å²) in [6, 6.07) is 16.8. The lowest BCUT2D eigenvalue weighted by Gasteiger charge is -2.33. The monoisotopic (exact) mass is 454 g/mol. The average molecular weight is 454 g/mol. The first kappa shape index (κ1) is 20.3. The number of nitrogens with one attached hydrogen (secondary N) is 2. The Morgan fingerprint density at radius 1 is 1.09 bits per heavy atom. The van der Waals surface area contributed by atoms with Gasteiger partial charge in [0.1, 0.15) is 11.8 Å². The highest BCUT2D eigenvalue weighted by molar-refractivity contribution is 6.24. The third-order valence-corrected chi connectivity index (χ3v) is 6.73. The third-order valence-electron chi connectivity index (χ3n) is 6.73. The molecule has 0 spiro atoms. The molecular weight excluding hydrogens is 432 g/mol. The number of furan rings is 1. The Morgan fingerprint density at radius 3 is 2.71 bits per heavy atom. The van der Waals surface area contributed by atoms with Gasteiger partial charge in [0.25, 0.3) is 11.8 Å². The second kappa shape index (κ2) is 7.62. The van der Waals surface area contributed by atoms with Crippen LogP contribution in [-0.2, 0) is 17.8 Å². The van der Waals surface area contributed by atoms with Crippen molar-refractivity contribution in [2.75, 3.05) is 4.90 Å². The number of carbonyl (C=O) groups is 3. The zero-order chi connectivity index (χ0) is 23.4. The van der Waals surface area contributed by atoms with E-state index in [0.717, 1.165) is 27.1 Å². The van der Waals surface area contributed by atoms with Crippen molar-refractivity contribution >= 4 is 34.4 Å². The van der Waals surface area contributed by atoms with Gasteiger partial charge in [0.05, 0.1) is 30.1 Å². The summed E-state index contributed by atoms with van der Waals surface area (Å²) < 4.78 is 5.27. The summed E-state index contributed by atoms with van der Waals surface area (Å²) in [6.07, 6.45) is 1.96. The van der Waals surface area contributed by atoms with Gasteiger partial charge >= 0.3 is 6.03 Å². The van der Waals surface area contributed by atoms with Gasteiger partial charge in [-0.05, 0) is 42.8 Å². The molecule has 2 aromatic carbocycles. The second-order valence-corrected chi connectivity index (χ2v) is 8.60. The highest BCUT2D eigenvalue weighted by Gasteiger charge is 2.52. The molecule has 1 fully saturated rings. The maximum absolute atomic E-state index is 13.6. The Balaban J connectivity index is 1.33. The minimum atomic E-state index is -0.617. The van der Waals surface area contributed by atoms with Crippen LogP contribution < -0.4 is 10.2 Å². The standard InChI is InChI=1S/C26H22N4O4/c1-15-23-19(17-8-2-4-10-20(17)28-23)13-22-25(32)30(26(33)29(15)22)21-11-5-3-9-18(21)24(31)27-14-16-7-6-12-34-16/h2-12,15,22,28H,13-14H2,1H3,(H,27,31)/t15-,22+/m1/s1. The van der Waals surface area contributed by atoms with Crippen LogP contribution in [0, 0.1) is 0 Å². The van der Waals surface area contributed by atoms with Crippen LogP contribution in [-0.4, -0.2) is 33.8 Å². The molecule has 8 nitrogen and oxygen atoms in total. The molecule has 4 aromatic rings. The summed E-state index contributed by atoms with van der Waals surface area (Å²) >= 11 is 0. The molecule has 6 rings (SSSR count). The number of imide groups is 1. The van der Waals surface area contributed by atoms with Gasteiger partial charge in [-0.1, -0.05) is 30.3 Å². The number of H-pyrrole nitrogens is 1. The van der Waals surface area contributed by atoms with Crippen LogP contribution in [0.2, 0.25) is 0 Å². The van der Waals surface area contributed by atoms with Gasteiger partial charge in [0.2, 0.25) is 0 Å². The topological polar surface area (TPSA) is 98.6 Å². The molecule has 0 bridgehead atoms. The number of urea groups is 1. The van der Waals surface area contributed by atoms with Gasteiger partial charge < -0.3 is 19.6 Å². The fourth-order valence-corrected chi connectivity index (χ4v) is 5.12. The van der Waals surface area contributed by atoms with E-state index in [1.165, 1.54) is 6.26 Å². The number of nitrogens with zero attached hydrogens (tertiary/aromatic N) is 2. The SMILES string of the molecule is C[C@@H]1c2[nH]c3ccccc3c2C[C@H]2C(=O)N(c3ccccc3C(=O)NCc3ccco3)C(=O)N12. The van der Waals surface area contributed by atoms with Crippen LogP contribution in [0.4, 0.5) is 10.5 Å². The molecule has 4 heterocycles. The fourth-order valence-electron chi connectivity index (χ4n) is 5.12. The number of rotatable bonds is 4. The lowest BCUT2D eigenvalue weighted by molar-refractivity contribution is -0.120. The first-order valence-corrected chi connectivity index (χ1v) is 11.2. The van der Waals surface area contributed by atoms with Crippen LogP contribution >= 0.6 is 0 Å². The van der Waals surface area contributed by atoms with Gasteiger partial charge in [-0.2, -0.15) is 0 Å². The molecule has 0 aliphatic carbocycles. The molecule has 0 radical (unpaired) electrons. The molecule has 2 aliphatic heterocycles. The molecule has 1 saturated heterocycles. The van der Waals surface area contributed by atoms with Crippen LogP contribution in [0.15, 0.2) is 71.3 Å². The normalized spacial score (nSPS) is 19.4. The Kier molecular flexibility index (Phi) is 4.55. The minimum absolute atomic E-state index is 0.204. The van der Waals surface area contributed by atoms with Crippen molar-refractivity contribution in [3.8, 4) is 0 Å². The maximum atomic E-state index is 13.6. The van der Waals surface area contributed by atoms with E-state index in [2.05, 4.69) is 10.3 Å². The summed E-state index contributed by atoms with van der Waals surface area (Å²) in [7, 11) is 0. The Morgan fingerprint density at radius 2 is 1.88 bits per heavy atom. The summed E-state index contributed by atoms with van der Waals surface area (Å²) in [5.74, 6) is -0.0979. The van der Waals surface area contributed by atoms with E-state index in [9.17, 15) is 14.4 Å². The number of hydrogen-bond acceptors (Lipinski definition) is 4. The molecular formula is C26H22N4O4. The van der Waals surface area contributed by atoms with Crippen LogP contribution in [0.3, 0.4) is 0 Å². The number of aromatic nitrogens is 1. The number of para-hydroxylation sites is 2. The van der Waals surface area contributed by atoms with Crippen molar-refractivity contribution in [2.24, 2.45) is 0 Å². The fraction of sp³-hybridized carbons (Fsp3) is 0.192. The van der Waals surface area contributed by atoms with Crippen molar-refractivity contribution in [1.29, 1.82) is 0 Å². The van der Waals surface area contributed by atoms with E-state index in [4.69, 9.17) is 4.42 Å². The summed E-state index contributed by atoms with van der Waals surface area (Å²) in [6.45, 7) is 2.13. The lowest BCUT2D eigenvalue weighted by atomic mass is 9.93. The molecule has 2 aliphatic rings. The summed E-state index contributed by atoms with van der Waals surface area (Å²) in [5.41, 5.74) is 3.55. The molecule has 8 heteroatoms. The molecule has 34 heavy (non-hydrogen) atoms. The smallest absolute Gasteiger partial charge is 0.332 e. The molecule has 2 atom stereocenters. The quantitative estimate of drug-likeness (QED) is 0.453. The molecule has 170 valence electrons. The Bertz CT molecular complexity index is 1440. The lowest BCUT2D eigenvalue weighted by Crippen LogP contribution is -2.42. The van der Waals surface area contributed by atoms with Gasteiger partial charge in [-0.15, -0.1) is 0 Å². The molecule has 4 amide bonds. The van der Waals surface area contributed by atoms with Gasteiger partial charge in [0, 0.05) is 23.0 Å². The molecule has 2 aromatic heterocycles. The largest absolute Gasteiger partial charge is 0.467 e. The summed E-state index contributed by atoms with van der Waals surface area (Å²) in [5, 5.41) is 3.87. The van der Waals surface area contributed by atoms with E-state index >= 15 is 0 Å². The van der Waals surface area contributed by atoms with Gasteiger partial charge in [-0.25, -0.2) is 9.69 Å². The highest BCUT2D eigenvalue weighted by atomic mass is 16.3. The number of amides is 4. The minimum Gasteiger partial charge on any atom is -0.467 e. The Hall–Kier alpha value is -4.33. The van der Waals surface area contributed by atoms with E-state index in [1.807, 2.05) is 31.2 Å². The van der Waals surface area contributed by atoms with Crippen LogP contribution in [0.1, 0.15) is 40.3 Å². The molecule has 0 unspecified atom stereocenters. The second-order valence-electron chi connectivity index (χ2n) is 8.60. The number of fused-ring (bicyclic) bond motifs is 4. The zero-order valence-electron chi connectivity index (χ0n) is 18.4. The predicted molar refractivity (Wildman–Crippen MR) is 125 cm³/mol. The molecule has 2 N–H and O–H groups in total. The number of benzene rings is 2.